The van der Waals surface area contributed by atoms with E-state index >= 15 is 0 Å². The lowest BCUT2D eigenvalue weighted by Gasteiger charge is -2.10. The van der Waals surface area contributed by atoms with Crippen LogP contribution in [-0.2, 0) is 7.05 Å². The first-order valence-corrected chi connectivity index (χ1v) is 6.65. The van der Waals surface area contributed by atoms with Crippen LogP contribution in [0.4, 0.5) is 0 Å². The molecule has 0 aliphatic carbocycles. The molecule has 0 aliphatic heterocycles. The summed E-state index contributed by atoms with van der Waals surface area (Å²) in [6.45, 7) is 3.81. The Balaban J connectivity index is 2.10. The third-order valence-electron chi connectivity index (χ3n) is 2.43. The van der Waals surface area contributed by atoms with Crippen molar-refractivity contribution < 1.29 is 4.79 Å². The molecule has 1 N–H and O–H groups in total. The standard InChI is InChI=1S/C11H13ClN4OS/c1-6(9-5-18-7(2)14-9)13-11(17)10-8(12)4-16(3)15-10/h4-6H,1-3H3,(H,13,17)/t6-/m0/s1. The highest BCUT2D eigenvalue weighted by Gasteiger charge is 2.18. The molecule has 2 aromatic heterocycles. The zero-order valence-electron chi connectivity index (χ0n) is 10.3. The number of nitrogens with zero attached hydrogens (tertiary/aromatic N) is 3. The lowest BCUT2D eigenvalue weighted by atomic mass is 10.2. The fraction of sp³-hybridized carbons (Fsp3) is 0.364. The van der Waals surface area contributed by atoms with E-state index in [2.05, 4.69) is 15.4 Å². The lowest BCUT2D eigenvalue weighted by Crippen LogP contribution is -2.27. The van der Waals surface area contributed by atoms with Crippen molar-refractivity contribution in [3.63, 3.8) is 0 Å². The van der Waals surface area contributed by atoms with Gasteiger partial charge < -0.3 is 5.32 Å². The molecule has 0 saturated heterocycles. The van der Waals surface area contributed by atoms with Crippen molar-refractivity contribution in [3.05, 3.63) is 33.0 Å². The van der Waals surface area contributed by atoms with Gasteiger partial charge >= 0.3 is 0 Å². The molecule has 18 heavy (non-hydrogen) atoms. The summed E-state index contributed by atoms with van der Waals surface area (Å²) in [5.74, 6) is -0.293. The minimum Gasteiger partial charge on any atom is -0.342 e. The molecule has 7 heteroatoms. The third-order valence-corrected chi connectivity index (χ3v) is 3.50. The summed E-state index contributed by atoms with van der Waals surface area (Å²) in [6.07, 6.45) is 1.59. The van der Waals surface area contributed by atoms with Gasteiger partial charge in [0.25, 0.3) is 5.91 Å². The van der Waals surface area contributed by atoms with Gasteiger partial charge in [0.1, 0.15) is 0 Å². The molecular weight excluding hydrogens is 272 g/mol. The maximum atomic E-state index is 12.0. The van der Waals surface area contributed by atoms with Crippen LogP contribution in [0.25, 0.3) is 0 Å². The van der Waals surface area contributed by atoms with E-state index in [0.717, 1.165) is 10.7 Å². The number of hydrogen-bond acceptors (Lipinski definition) is 4. The van der Waals surface area contributed by atoms with Crippen LogP contribution in [0.15, 0.2) is 11.6 Å². The average molecular weight is 285 g/mol. The van der Waals surface area contributed by atoms with Crippen LogP contribution >= 0.6 is 22.9 Å². The van der Waals surface area contributed by atoms with Crippen molar-refractivity contribution >= 4 is 28.8 Å². The number of halogens is 1. The monoisotopic (exact) mass is 284 g/mol. The van der Waals surface area contributed by atoms with Crippen LogP contribution in [0.2, 0.25) is 5.02 Å². The van der Waals surface area contributed by atoms with Gasteiger partial charge in [-0.15, -0.1) is 11.3 Å². The Hall–Kier alpha value is -1.40. The summed E-state index contributed by atoms with van der Waals surface area (Å²) in [5, 5.41) is 10.1. The highest BCUT2D eigenvalue weighted by Crippen LogP contribution is 2.18. The first-order chi connectivity index (χ1) is 8.47. The fourth-order valence-corrected chi connectivity index (χ4v) is 2.50. The van der Waals surface area contributed by atoms with Crippen LogP contribution in [0.3, 0.4) is 0 Å². The highest BCUT2D eigenvalue weighted by atomic mass is 35.5. The first kappa shape index (κ1) is 13.0. The van der Waals surface area contributed by atoms with E-state index in [1.165, 1.54) is 4.68 Å². The van der Waals surface area contributed by atoms with Gasteiger partial charge in [-0.3, -0.25) is 9.48 Å². The van der Waals surface area contributed by atoms with Crippen LogP contribution in [0.1, 0.15) is 34.2 Å². The molecule has 2 aromatic rings. The molecule has 1 amide bonds. The first-order valence-electron chi connectivity index (χ1n) is 5.39. The Morgan fingerprint density at radius 1 is 1.61 bits per heavy atom. The van der Waals surface area contributed by atoms with Crippen molar-refractivity contribution in [2.45, 2.75) is 19.9 Å². The maximum absolute atomic E-state index is 12.0. The Kier molecular flexibility index (Phi) is 3.68. The predicted molar refractivity (Wildman–Crippen MR) is 71.0 cm³/mol. The molecule has 1 atom stereocenters. The predicted octanol–water partition coefficient (Wildman–Crippen LogP) is 2.33. The summed E-state index contributed by atoms with van der Waals surface area (Å²) in [5.41, 5.74) is 1.08. The molecule has 0 bridgehead atoms. The highest BCUT2D eigenvalue weighted by molar-refractivity contribution is 7.09. The van der Waals surface area contributed by atoms with E-state index in [1.54, 1.807) is 24.6 Å². The summed E-state index contributed by atoms with van der Waals surface area (Å²) in [4.78, 5) is 16.3. The average Bonchev–Trinajstić information content (AvgIpc) is 2.84. The van der Waals surface area contributed by atoms with Gasteiger partial charge in [0, 0.05) is 18.6 Å². The maximum Gasteiger partial charge on any atom is 0.273 e. The van der Waals surface area contributed by atoms with Gasteiger partial charge in [0.15, 0.2) is 5.69 Å². The second-order valence-electron chi connectivity index (χ2n) is 3.99. The number of carbonyl (C=O) groups excluding carboxylic acids is 1. The van der Waals surface area contributed by atoms with Crippen molar-refractivity contribution in [1.29, 1.82) is 0 Å². The third kappa shape index (κ3) is 2.70. The number of hydrogen-bond donors (Lipinski definition) is 1. The van der Waals surface area contributed by atoms with Crippen LogP contribution in [0, 0.1) is 6.92 Å². The van der Waals surface area contributed by atoms with Gasteiger partial charge in [-0.25, -0.2) is 4.98 Å². The van der Waals surface area contributed by atoms with Crippen molar-refractivity contribution in [1.82, 2.24) is 20.1 Å². The minimum atomic E-state index is -0.293. The summed E-state index contributed by atoms with van der Waals surface area (Å²) in [6, 6.07) is -0.166. The molecule has 0 fully saturated rings. The zero-order chi connectivity index (χ0) is 13.3. The molecule has 0 unspecified atom stereocenters. The Bertz CT molecular complexity index is 577. The number of rotatable bonds is 3. The van der Waals surface area contributed by atoms with Crippen LogP contribution in [0.5, 0.6) is 0 Å². The number of aryl methyl sites for hydroxylation is 2. The smallest absolute Gasteiger partial charge is 0.273 e. The minimum absolute atomic E-state index is 0.166. The van der Waals surface area contributed by atoms with E-state index in [0.29, 0.717) is 5.02 Å². The molecule has 2 heterocycles. The zero-order valence-corrected chi connectivity index (χ0v) is 11.8. The van der Waals surface area contributed by atoms with E-state index < -0.39 is 0 Å². The van der Waals surface area contributed by atoms with Crippen molar-refractivity contribution in [2.75, 3.05) is 0 Å². The molecule has 2 rings (SSSR count). The van der Waals surface area contributed by atoms with E-state index in [4.69, 9.17) is 11.6 Å². The molecule has 0 spiro atoms. The summed E-state index contributed by atoms with van der Waals surface area (Å²) in [7, 11) is 1.72. The molecule has 5 nitrogen and oxygen atoms in total. The van der Waals surface area contributed by atoms with Gasteiger partial charge in [-0.2, -0.15) is 5.10 Å². The second-order valence-corrected chi connectivity index (χ2v) is 5.46. The molecule has 0 aromatic carbocycles. The van der Waals surface area contributed by atoms with Crippen molar-refractivity contribution in [3.8, 4) is 0 Å². The fourth-order valence-electron chi connectivity index (χ4n) is 1.53. The summed E-state index contributed by atoms with van der Waals surface area (Å²) >= 11 is 7.47. The van der Waals surface area contributed by atoms with E-state index in [1.807, 2.05) is 19.2 Å². The van der Waals surface area contributed by atoms with E-state index in [-0.39, 0.29) is 17.6 Å². The topological polar surface area (TPSA) is 59.8 Å². The van der Waals surface area contributed by atoms with Crippen LogP contribution < -0.4 is 5.32 Å². The van der Waals surface area contributed by atoms with Crippen LogP contribution in [-0.4, -0.2) is 20.7 Å². The van der Waals surface area contributed by atoms with Gasteiger partial charge in [-0.05, 0) is 13.8 Å². The molecule has 0 aliphatic rings. The molecule has 0 radical (unpaired) electrons. The number of amides is 1. The van der Waals surface area contributed by atoms with Gasteiger partial charge in [-0.1, -0.05) is 11.6 Å². The molecular formula is C11H13ClN4OS. The van der Waals surface area contributed by atoms with Gasteiger partial charge in [0.2, 0.25) is 0 Å². The van der Waals surface area contributed by atoms with Gasteiger partial charge in [0.05, 0.1) is 21.8 Å². The normalized spacial score (nSPS) is 12.4. The number of thiazole rings is 1. The quantitative estimate of drug-likeness (QED) is 0.941. The SMILES string of the molecule is Cc1nc([C@H](C)NC(=O)c2nn(C)cc2Cl)cs1. The second kappa shape index (κ2) is 5.07. The molecule has 0 saturated carbocycles. The van der Waals surface area contributed by atoms with Crippen molar-refractivity contribution in [2.24, 2.45) is 7.05 Å². The molecule has 96 valence electrons. The number of carbonyl (C=O) groups is 1. The largest absolute Gasteiger partial charge is 0.342 e. The lowest BCUT2D eigenvalue weighted by molar-refractivity contribution is 0.0933. The number of aromatic nitrogens is 3. The summed E-state index contributed by atoms with van der Waals surface area (Å²) < 4.78 is 1.51. The number of nitrogens with one attached hydrogen (secondary N) is 1. The Labute approximate surface area is 114 Å². The Morgan fingerprint density at radius 2 is 2.33 bits per heavy atom. The van der Waals surface area contributed by atoms with E-state index in [9.17, 15) is 4.79 Å². The Morgan fingerprint density at radius 3 is 2.83 bits per heavy atom.